The summed E-state index contributed by atoms with van der Waals surface area (Å²) in [6.45, 7) is 0. The lowest BCUT2D eigenvalue weighted by Crippen LogP contribution is -2.18. The van der Waals surface area contributed by atoms with Gasteiger partial charge in [0.2, 0.25) is 0 Å². The number of hydrogen-bond donors (Lipinski definition) is 1. The van der Waals surface area contributed by atoms with E-state index in [4.69, 9.17) is 0 Å². The molecular formula is C17H21NO. The van der Waals surface area contributed by atoms with Crippen molar-refractivity contribution in [2.24, 2.45) is 5.92 Å². The Balaban J connectivity index is 1.71. The molecule has 1 fully saturated rings. The molecule has 1 aromatic heterocycles. The van der Waals surface area contributed by atoms with Gasteiger partial charge in [-0.15, -0.1) is 0 Å². The van der Waals surface area contributed by atoms with Crippen LogP contribution < -0.4 is 0 Å². The number of hydrogen-bond acceptors (Lipinski definition) is 2. The molecule has 0 aliphatic heterocycles. The highest BCUT2D eigenvalue weighted by Crippen LogP contribution is 2.30. The van der Waals surface area contributed by atoms with Crippen LogP contribution in [0, 0.1) is 5.92 Å². The van der Waals surface area contributed by atoms with Gasteiger partial charge in [0.1, 0.15) is 0 Å². The molecule has 0 saturated heterocycles. The molecule has 1 aliphatic carbocycles. The predicted molar refractivity (Wildman–Crippen MR) is 78.0 cm³/mol. The van der Waals surface area contributed by atoms with Crippen molar-refractivity contribution in [2.45, 2.75) is 44.6 Å². The number of benzene rings is 1. The maximum Gasteiger partial charge on any atom is 0.0704 e. The molecule has 0 radical (unpaired) electrons. The summed E-state index contributed by atoms with van der Waals surface area (Å²) in [6.07, 6.45) is 8.56. The van der Waals surface area contributed by atoms with Gasteiger partial charge < -0.3 is 5.11 Å². The van der Waals surface area contributed by atoms with Crippen LogP contribution in [0.5, 0.6) is 0 Å². The van der Waals surface area contributed by atoms with Crippen molar-refractivity contribution in [1.82, 2.24) is 4.98 Å². The number of rotatable bonds is 4. The second-order valence-corrected chi connectivity index (χ2v) is 5.64. The minimum absolute atomic E-state index is 0.130. The van der Waals surface area contributed by atoms with E-state index in [2.05, 4.69) is 23.2 Å². The quantitative estimate of drug-likeness (QED) is 0.903. The lowest BCUT2D eigenvalue weighted by molar-refractivity contribution is 0.102. The second kappa shape index (κ2) is 5.70. The molecule has 1 aliphatic rings. The van der Waals surface area contributed by atoms with Gasteiger partial charge in [-0.2, -0.15) is 0 Å². The Morgan fingerprint density at radius 3 is 2.79 bits per heavy atom. The molecule has 1 unspecified atom stereocenters. The average Bonchev–Trinajstić information content (AvgIpc) is 2.99. The van der Waals surface area contributed by atoms with Crippen LogP contribution >= 0.6 is 0 Å². The largest absolute Gasteiger partial charge is 0.393 e. The maximum absolute atomic E-state index is 10.3. The topological polar surface area (TPSA) is 33.1 Å². The Labute approximate surface area is 114 Å². The van der Waals surface area contributed by atoms with Gasteiger partial charge in [-0.3, -0.25) is 4.98 Å². The maximum atomic E-state index is 10.3. The van der Waals surface area contributed by atoms with Gasteiger partial charge in [-0.25, -0.2) is 0 Å². The first kappa shape index (κ1) is 12.6. The van der Waals surface area contributed by atoms with E-state index in [1.807, 2.05) is 18.3 Å². The number of aliphatic hydroxyl groups is 1. The van der Waals surface area contributed by atoms with Crippen molar-refractivity contribution >= 4 is 10.9 Å². The van der Waals surface area contributed by atoms with Crippen LogP contribution in [0.3, 0.4) is 0 Å². The Morgan fingerprint density at radius 2 is 1.95 bits per heavy atom. The molecule has 2 aromatic rings. The van der Waals surface area contributed by atoms with Crippen molar-refractivity contribution in [3.05, 3.63) is 42.1 Å². The number of aliphatic hydroxyl groups excluding tert-OH is 1. The number of pyridine rings is 1. The summed E-state index contributed by atoms with van der Waals surface area (Å²) >= 11 is 0. The van der Waals surface area contributed by atoms with Crippen molar-refractivity contribution in [3.8, 4) is 0 Å². The molecule has 19 heavy (non-hydrogen) atoms. The minimum atomic E-state index is -0.130. The van der Waals surface area contributed by atoms with E-state index in [1.54, 1.807) is 0 Å². The molecule has 0 spiro atoms. The fraction of sp³-hybridized carbons (Fsp3) is 0.471. The van der Waals surface area contributed by atoms with Crippen LogP contribution in [-0.4, -0.2) is 16.2 Å². The van der Waals surface area contributed by atoms with Crippen LogP contribution in [0.4, 0.5) is 0 Å². The normalized spacial score (nSPS) is 17.9. The fourth-order valence-corrected chi connectivity index (χ4v) is 3.25. The summed E-state index contributed by atoms with van der Waals surface area (Å²) in [5.74, 6) is 0.535. The van der Waals surface area contributed by atoms with E-state index in [1.165, 1.54) is 36.6 Å². The fourth-order valence-electron chi connectivity index (χ4n) is 3.25. The third kappa shape index (κ3) is 2.79. The molecule has 0 amide bonds. The summed E-state index contributed by atoms with van der Waals surface area (Å²) in [6, 6.07) is 10.3. The highest BCUT2D eigenvalue weighted by atomic mass is 16.3. The summed E-state index contributed by atoms with van der Waals surface area (Å²) < 4.78 is 0. The summed E-state index contributed by atoms with van der Waals surface area (Å²) in [5, 5.41) is 11.5. The molecule has 100 valence electrons. The highest BCUT2D eigenvalue weighted by Gasteiger charge is 2.22. The Bertz CT molecular complexity index is 540. The van der Waals surface area contributed by atoms with Gasteiger partial charge in [-0.05, 0) is 49.3 Å². The van der Waals surface area contributed by atoms with E-state index < -0.39 is 0 Å². The molecular weight excluding hydrogens is 234 g/mol. The number of para-hydroxylation sites is 1. The lowest BCUT2D eigenvalue weighted by Gasteiger charge is -2.17. The predicted octanol–water partition coefficient (Wildman–Crippen LogP) is 3.72. The van der Waals surface area contributed by atoms with E-state index in [9.17, 15) is 5.11 Å². The lowest BCUT2D eigenvalue weighted by atomic mass is 9.94. The second-order valence-electron chi connectivity index (χ2n) is 5.64. The van der Waals surface area contributed by atoms with Gasteiger partial charge in [0.15, 0.2) is 0 Å². The van der Waals surface area contributed by atoms with Crippen molar-refractivity contribution in [1.29, 1.82) is 0 Å². The first-order valence-corrected chi connectivity index (χ1v) is 7.35. The van der Waals surface area contributed by atoms with Gasteiger partial charge >= 0.3 is 0 Å². The monoisotopic (exact) mass is 255 g/mol. The number of fused-ring (bicyclic) bond motifs is 1. The summed E-state index contributed by atoms with van der Waals surface area (Å²) in [7, 11) is 0. The van der Waals surface area contributed by atoms with Crippen LogP contribution in [0.25, 0.3) is 10.9 Å². The van der Waals surface area contributed by atoms with E-state index in [0.29, 0.717) is 5.92 Å². The Kier molecular flexibility index (Phi) is 3.79. The van der Waals surface area contributed by atoms with Crippen molar-refractivity contribution in [2.75, 3.05) is 0 Å². The van der Waals surface area contributed by atoms with Gasteiger partial charge in [0, 0.05) is 11.6 Å². The standard InChI is InChI=1S/C17H21NO/c19-17(14-5-1-2-6-14)10-9-13-11-12-18-16-8-4-3-7-15(13)16/h3-4,7-8,11-12,14,17,19H,1-2,5-6,9-10H2. The van der Waals surface area contributed by atoms with Crippen molar-refractivity contribution < 1.29 is 5.11 Å². The van der Waals surface area contributed by atoms with Crippen LogP contribution in [0.1, 0.15) is 37.7 Å². The van der Waals surface area contributed by atoms with Crippen LogP contribution in [-0.2, 0) is 6.42 Å². The molecule has 2 nitrogen and oxygen atoms in total. The summed E-state index contributed by atoms with van der Waals surface area (Å²) in [5.41, 5.74) is 2.36. The van der Waals surface area contributed by atoms with E-state index >= 15 is 0 Å². The van der Waals surface area contributed by atoms with Gasteiger partial charge in [0.25, 0.3) is 0 Å². The van der Waals surface area contributed by atoms with Crippen LogP contribution in [0.15, 0.2) is 36.5 Å². The van der Waals surface area contributed by atoms with Gasteiger partial charge in [-0.1, -0.05) is 31.0 Å². The highest BCUT2D eigenvalue weighted by molar-refractivity contribution is 5.81. The van der Waals surface area contributed by atoms with Crippen LogP contribution in [0.2, 0.25) is 0 Å². The zero-order valence-electron chi connectivity index (χ0n) is 11.3. The molecule has 1 heterocycles. The molecule has 1 N–H and O–H groups in total. The molecule has 1 saturated carbocycles. The first-order chi connectivity index (χ1) is 9.34. The van der Waals surface area contributed by atoms with E-state index in [-0.39, 0.29) is 6.10 Å². The first-order valence-electron chi connectivity index (χ1n) is 7.35. The SMILES string of the molecule is OC(CCc1ccnc2ccccc12)C1CCCC1. The zero-order valence-corrected chi connectivity index (χ0v) is 11.3. The molecule has 1 aromatic carbocycles. The molecule has 3 rings (SSSR count). The van der Waals surface area contributed by atoms with Crippen molar-refractivity contribution in [3.63, 3.8) is 0 Å². The summed E-state index contributed by atoms with van der Waals surface area (Å²) in [4.78, 5) is 4.38. The average molecular weight is 255 g/mol. The molecule has 0 bridgehead atoms. The number of aromatic nitrogens is 1. The molecule has 1 atom stereocenters. The van der Waals surface area contributed by atoms with E-state index in [0.717, 1.165) is 18.4 Å². The number of nitrogens with zero attached hydrogens (tertiary/aromatic N) is 1. The minimum Gasteiger partial charge on any atom is -0.393 e. The zero-order chi connectivity index (χ0) is 13.1. The number of aryl methyl sites for hydroxylation is 1. The third-order valence-electron chi connectivity index (χ3n) is 4.39. The Hall–Kier alpha value is -1.41. The molecule has 2 heteroatoms. The Morgan fingerprint density at radius 1 is 1.16 bits per heavy atom. The third-order valence-corrected chi connectivity index (χ3v) is 4.39. The van der Waals surface area contributed by atoms with Gasteiger partial charge in [0.05, 0.1) is 11.6 Å². The smallest absolute Gasteiger partial charge is 0.0704 e.